The van der Waals surface area contributed by atoms with E-state index in [2.05, 4.69) is 30.6 Å². The van der Waals surface area contributed by atoms with Crippen molar-refractivity contribution in [2.45, 2.75) is 6.92 Å². The van der Waals surface area contributed by atoms with E-state index in [1.54, 1.807) is 34.3 Å². The number of anilines is 2. The smallest absolute Gasteiger partial charge is 0.147 e. The Labute approximate surface area is 172 Å². The third kappa shape index (κ3) is 3.32. The van der Waals surface area contributed by atoms with E-state index in [4.69, 9.17) is 4.52 Å². The molecular formula is C21H18N8O. The Kier molecular flexibility index (Phi) is 4.32. The molecule has 0 saturated carbocycles. The molecule has 0 unspecified atom stereocenters. The van der Waals surface area contributed by atoms with Crippen LogP contribution in [0, 0.1) is 6.92 Å². The molecule has 0 aliphatic rings. The second kappa shape index (κ2) is 7.28. The van der Waals surface area contributed by atoms with Gasteiger partial charge in [0, 0.05) is 30.7 Å². The Hall–Kier alpha value is -4.27. The summed E-state index contributed by atoms with van der Waals surface area (Å²) in [6, 6.07) is 13.6. The summed E-state index contributed by atoms with van der Waals surface area (Å²) >= 11 is 0. The standard InChI is InChI=1S/C21H18N8O/c1-14-23-13-29(26-14)17-5-3-16(4-6-17)25-20-11-15(7-9-22-20)21-18(12-30-27-21)19-8-10-24-28(19)2/h3-13H,1-2H3,(H,22,25). The molecule has 0 fully saturated rings. The molecule has 0 atom stereocenters. The summed E-state index contributed by atoms with van der Waals surface area (Å²) in [5.74, 6) is 1.44. The molecule has 1 aromatic carbocycles. The summed E-state index contributed by atoms with van der Waals surface area (Å²) in [5.41, 5.74) is 5.28. The van der Waals surface area contributed by atoms with Crippen LogP contribution in [0.3, 0.4) is 0 Å². The SMILES string of the molecule is Cc1ncn(-c2ccc(Nc3cc(-c4nocc4-c4ccnn4C)ccn3)cc2)n1. The van der Waals surface area contributed by atoms with Crippen LogP contribution < -0.4 is 5.32 Å². The summed E-state index contributed by atoms with van der Waals surface area (Å²) in [7, 11) is 1.88. The highest BCUT2D eigenvalue weighted by Gasteiger charge is 2.15. The van der Waals surface area contributed by atoms with Crippen molar-refractivity contribution < 1.29 is 4.52 Å². The maximum Gasteiger partial charge on any atom is 0.147 e. The van der Waals surface area contributed by atoms with Crippen LogP contribution in [-0.2, 0) is 7.05 Å². The van der Waals surface area contributed by atoms with Gasteiger partial charge in [-0.2, -0.15) is 10.2 Å². The topological polar surface area (TPSA) is 99.5 Å². The highest BCUT2D eigenvalue weighted by molar-refractivity contribution is 5.79. The fourth-order valence-corrected chi connectivity index (χ4v) is 3.23. The van der Waals surface area contributed by atoms with Crippen molar-refractivity contribution in [2.75, 3.05) is 5.32 Å². The van der Waals surface area contributed by atoms with Gasteiger partial charge >= 0.3 is 0 Å². The molecule has 1 N–H and O–H groups in total. The van der Waals surface area contributed by atoms with Gasteiger partial charge in [-0.05, 0) is 49.4 Å². The van der Waals surface area contributed by atoms with Gasteiger partial charge in [0.25, 0.3) is 0 Å². The number of hydrogen-bond donors (Lipinski definition) is 1. The van der Waals surface area contributed by atoms with Crippen molar-refractivity contribution in [3.05, 3.63) is 73.3 Å². The summed E-state index contributed by atoms with van der Waals surface area (Å²) in [6.07, 6.45) is 6.81. The molecule has 0 aliphatic carbocycles. The molecule has 4 heterocycles. The molecule has 0 radical (unpaired) electrons. The third-order valence-corrected chi connectivity index (χ3v) is 4.71. The largest absolute Gasteiger partial charge is 0.363 e. The summed E-state index contributed by atoms with van der Waals surface area (Å²) in [6.45, 7) is 1.86. The summed E-state index contributed by atoms with van der Waals surface area (Å²) in [4.78, 5) is 8.58. The van der Waals surface area contributed by atoms with Gasteiger partial charge in [-0.25, -0.2) is 14.6 Å². The maximum atomic E-state index is 5.25. The van der Waals surface area contributed by atoms with Crippen LogP contribution in [-0.4, -0.2) is 34.7 Å². The van der Waals surface area contributed by atoms with E-state index >= 15 is 0 Å². The predicted molar refractivity (Wildman–Crippen MR) is 111 cm³/mol. The van der Waals surface area contributed by atoms with Gasteiger partial charge in [0.2, 0.25) is 0 Å². The lowest BCUT2D eigenvalue weighted by Gasteiger charge is -2.08. The molecule has 148 valence electrons. The summed E-state index contributed by atoms with van der Waals surface area (Å²) in [5, 5.41) is 16.1. The molecule has 5 rings (SSSR count). The number of nitrogens with one attached hydrogen (secondary N) is 1. The zero-order valence-corrected chi connectivity index (χ0v) is 16.4. The first-order valence-corrected chi connectivity index (χ1v) is 9.32. The number of aryl methyl sites for hydroxylation is 2. The first-order chi connectivity index (χ1) is 14.7. The maximum absolute atomic E-state index is 5.25. The van der Waals surface area contributed by atoms with Crippen LogP contribution in [0.1, 0.15) is 5.82 Å². The number of benzene rings is 1. The Balaban J connectivity index is 1.40. The first-order valence-electron chi connectivity index (χ1n) is 9.32. The van der Waals surface area contributed by atoms with Gasteiger partial charge in [-0.3, -0.25) is 4.68 Å². The second-order valence-corrected chi connectivity index (χ2v) is 6.75. The molecule has 0 amide bonds. The van der Waals surface area contributed by atoms with E-state index in [0.29, 0.717) is 5.82 Å². The number of rotatable bonds is 5. The molecule has 0 saturated heterocycles. The lowest BCUT2D eigenvalue weighted by Crippen LogP contribution is -1.97. The Bertz CT molecular complexity index is 1300. The molecule has 0 bridgehead atoms. The fourth-order valence-electron chi connectivity index (χ4n) is 3.23. The van der Waals surface area contributed by atoms with Crippen LogP contribution in [0.2, 0.25) is 0 Å². The van der Waals surface area contributed by atoms with Gasteiger partial charge in [0.05, 0.1) is 16.9 Å². The second-order valence-electron chi connectivity index (χ2n) is 6.75. The van der Waals surface area contributed by atoms with Gasteiger partial charge in [0.1, 0.15) is 29.9 Å². The van der Waals surface area contributed by atoms with Crippen molar-refractivity contribution >= 4 is 11.5 Å². The lowest BCUT2D eigenvalue weighted by molar-refractivity contribution is 0.422. The van der Waals surface area contributed by atoms with Crippen molar-refractivity contribution in [1.29, 1.82) is 0 Å². The minimum atomic E-state index is 0.704. The number of aromatic nitrogens is 7. The van der Waals surface area contributed by atoms with Gasteiger partial charge in [0.15, 0.2) is 0 Å². The van der Waals surface area contributed by atoms with Crippen LogP contribution >= 0.6 is 0 Å². The molecule has 9 nitrogen and oxygen atoms in total. The van der Waals surface area contributed by atoms with E-state index in [0.717, 1.165) is 39.7 Å². The predicted octanol–water partition coefficient (Wildman–Crippen LogP) is 3.77. The minimum Gasteiger partial charge on any atom is -0.363 e. The zero-order valence-electron chi connectivity index (χ0n) is 16.4. The van der Waals surface area contributed by atoms with E-state index in [1.807, 2.05) is 56.4 Å². The molecule has 0 spiro atoms. The molecular weight excluding hydrogens is 380 g/mol. The van der Waals surface area contributed by atoms with E-state index < -0.39 is 0 Å². The van der Waals surface area contributed by atoms with Crippen LogP contribution in [0.5, 0.6) is 0 Å². The first kappa shape index (κ1) is 17.8. The highest BCUT2D eigenvalue weighted by atomic mass is 16.5. The van der Waals surface area contributed by atoms with Gasteiger partial charge in [-0.15, -0.1) is 0 Å². The van der Waals surface area contributed by atoms with Crippen LogP contribution in [0.25, 0.3) is 28.2 Å². The van der Waals surface area contributed by atoms with E-state index in [-0.39, 0.29) is 0 Å². The average molecular weight is 398 g/mol. The number of hydrogen-bond acceptors (Lipinski definition) is 7. The molecule has 5 aromatic rings. The number of pyridine rings is 1. The van der Waals surface area contributed by atoms with E-state index in [1.165, 1.54) is 0 Å². The van der Waals surface area contributed by atoms with Gasteiger partial charge < -0.3 is 9.84 Å². The van der Waals surface area contributed by atoms with Gasteiger partial charge in [-0.1, -0.05) is 5.16 Å². The lowest BCUT2D eigenvalue weighted by atomic mass is 10.1. The normalized spacial score (nSPS) is 11.0. The Morgan fingerprint density at radius 2 is 1.87 bits per heavy atom. The zero-order chi connectivity index (χ0) is 20.5. The monoisotopic (exact) mass is 398 g/mol. The van der Waals surface area contributed by atoms with Crippen molar-refractivity contribution in [3.8, 4) is 28.2 Å². The highest BCUT2D eigenvalue weighted by Crippen LogP contribution is 2.31. The Morgan fingerprint density at radius 3 is 2.60 bits per heavy atom. The quantitative estimate of drug-likeness (QED) is 0.481. The van der Waals surface area contributed by atoms with Crippen LogP contribution in [0.4, 0.5) is 11.5 Å². The minimum absolute atomic E-state index is 0.704. The number of nitrogens with zero attached hydrogens (tertiary/aromatic N) is 7. The molecule has 0 aliphatic heterocycles. The van der Waals surface area contributed by atoms with E-state index in [9.17, 15) is 0 Å². The van der Waals surface area contributed by atoms with Crippen LogP contribution in [0.15, 0.2) is 72.0 Å². The van der Waals surface area contributed by atoms with Crippen molar-refractivity contribution in [2.24, 2.45) is 7.05 Å². The summed E-state index contributed by atoms with van der Waals surface area (Å²) < 4.78 is 8.77. The van der Waals surface area contributed by atoms with Crippen molar-refractivity contribution in [1.82, 2.24) is 34.7 Å². The fraction of sp³-hybridized carbons (Fsp3) is 0.0952. The Morgan fingerprint density at radius 1 is 1.00 bits per heavy atom. The molecule has 30 heavy (non-hydrogen) atoms. The third-order valence-electron chi connectivity index (χ3n) is 4.71. The average Bonchev–Trinajstić information content (AvgIpc) is 3.49. The van der Waals surface area contributed by atoms with Crippen molar-refractivity contribution in [3.63, 3.8) is 0 Å². The molecule has 4 aromatic heterocycles. The molecule has 9 heteroatoms.